The van der Waals surface area contributed by atoms with Crippen LogP contribution in [0.4, 0.5) is 8.78 Å². The Balaban J connectivity index is 2.39. The van der Waals surface area contributed by atoms with Crippen LogP contribution in [0.25, 0.3) is 0 Å². The van der Waals surface area contributed by atoms with E-state index in [-0.39, 0.29) is 12.4 Å². The monoisotopic (exact) mass is 243 g/mol. The highest BCUT2D eigenvalue weighted by Crippen LogP contribution is 2.41. The molecule has 94 valence electrons. The maximum Gasteiger partial charge on any atom is 0.270 e. The smallest absolute Gasteiger partial charge is 0.270 e. The van der Waals surface area contributed by atoms with Crippen molar-refractivity contribution in [3.05, 3.63) is 23.3 Å². The largest absolute Gasteiger partial charge is 0.454 e. The first-order valence-corrected chi connectivity index (χ1v) is 5.53. The van der Waals surface area contributed by atoms with E-state index >= 15 is 0 Å². The minimum atomic E-state index is -2.88. The summed E-state index contributed by atoms with van der Waals surface area (Å²) in [6.07, 6.45) is 1.35. The van der Waals surface area contributed by atoms with Gasteiger partial charge in [0.25, 0.3) is 5.92 Å². The lowest BCUT2D eigenvalue weighted by atomic mass is 10.0. The van der Waals surface area contributed by atoms with Crippen molar-refractivity contribution in [3.63, 3.8) is 0 Å². The number of ether oxygens (including phenoxy) is 2. The van der Waals surface area contributed by atoms with Gasteiger partial charge in [0.05, 0.1) is 0 Å². The molecule has 1 aliphatic rings. The standard InChI is InChI=1S/C12H15F2NO2/c1-12(13,14)9-5-8(3-2-4-15)11-10(6-9)16-7-17-11/h5-6H,2-4,7,15H2,1H3. The molecule has 17 heavy (non-hydrogen) atoms. The highest BCUT2D eigenvalue weighted by Gasteiger charge is 2.29. The number of hydrogen-bond donors (Lipinski definition) is 1. The fourth-order valence-corrected chi connectivity index (χ4v) is 1.81. The first kappa shape index (κ1) is 12.1. The second-order valence-electron chi connectivity index (χ2n) is 4.15. The topological polar surface area (TPSA) is 44.5 Å². The third-order valence-electron chi connectivity index (χ3n) is 2.71. The minimum Gasteiger partial charge on any atom is -0.454 e. The second kappa shape index (κ2) is 4.49. The molecule has 0 aromatic heterocycles. The van der Waals surface area contributed by atoms with Gasteiger partial charge in [-0.15, -0.1) is 0 Å². The van der Waals surface area contributed by atoms with E-state index in [2.05, 4.69) is 0 Å². The molecule has 3 nitrogen and oxygen atoms in total. The van der Waals surface area contributed by atoms with Crippen LogP contribution in [-0.2, 0) is 12.3 Å². The van der Waals surface area contributed by atoms with Gasteiger partial charge in [-0.25, -0.2) is 8.78 Å². The lowest BCUT2D eigenvalue weighted by Crippen LogP contribution is -2.08. The van der Waals surface area contributed by atoms with Crippen LogP contribution < -0.4 is 15.2 Å². The van der Waals surface area contributed by atoms with Gasteiger partial charge in [-0.2, -0.15) is 0 Å². The fraction of sp³-hybridized carbons (Fsp3) is 0.500. The molecule has 1 heterocycles. The number of hydrogen-bond acceptors (Lipinski definition) is 3. The molecule has 1 aromatic carbocycles. The van der Waals surface area contributed by atoms with E-state index in [1.807, 2.05) is 0 Å². The van der Waals surface area contributed by atoms with Crippen molar-refractivity contribution >= 4 is 0 Å². The summed E-state index contributed by atoms with van der Waals surface area (Å²) in [4.78, 5) is 0. The first-order chi connectivity index (χ1) is 8.02. The van der Waals surface area contributed by atoms with Gasteiger partial charge in [0.1, 0.15) is 0 Å². The Morgan fingerprint density at radius 3 is 2.76 bits per heavy atom. The number of nitrogens with two attached hydrogens (primary N) is 1. The molecular weight excluding hydrogens is 228 g/mol. The van der Waals surface area contributed by atoms with Gasteiger partial charge < -0.3 is 15.2 Å². The maximum absolute atomic E-state index is 13.3. The van der Waals surface area contributed by atoms with Gasteiger partial charge in [-0.3, -0.25) is 0 Å². The van der Waals surface area contributed by atoms with Crippen LogP contribution in [0.5, 0.6) is 11.5 Å². The quantitative estimate of drug-likeness (QED) is 0.883. The summed E-state index contributed by atoms with van der Waals surface area (Å²) in [6.45, 7) is 1.48. The minimum absolute atomic E-state index is 0.0474. The molecule has 0 bridgehead atoms. The average molecular weight is 243 g/mol. The molecule has 0 saturated carbocycles. The summed E-state index contributed by atoms with van der Waals surface area (Å²) in [5, 5.41) is 0. The Morgan fingerprint density at radius 1 is 1.35 bits per heavy atom. The zero-order valence-electron chi connectivity index (χ0n) is 9.63. The first-order valence-electron chi connectivity index (χ1n) is 5.53. The van der Waals surface area contributed by atoms with Gasteiger partial charge >= 0.3 is 0 Å². The number of rotatable bonds is 4. The number of benzene rings is 1. The molecule has 0 unspecified atom stereocenters. The van der Waals surface area contributed by atoms with E-state index in [1.54, 1.807) is 0 Å². The number of aryl methyl sites for hydroxylation is 1. The van der Waals surface area contributed by atoms with E-state index in [0.717, 1.165) is 18.9 Å². The van der Waals surface area contributed by atoms with Gasteiger partial charge in [0.2, 0.25) is 6.79 Å². The Labute approximate surface area is 98.5 Å². The van der Waals surface area contributed by atoms with E-state index < -0.39 is 5.92 Å². The third kappa shape index (κ3) is 2.49. The van der Waals surface area contributed by atoms with Crippen LogP contribution in [0.2, 0.25) is 0 Å². The zero-order chi connectivity index (χ0) is 12.5. The molecule has 0 saturated heterocycles. The number of fused-ring (bicyclic) bond motifs is 1. The molecule has 0 amide bonds. The molecule has 2 N–H and O–H groups in total. The van der Waals surface area contributed by atoms with Crippen molar-refractivity contribution in [1.82, 2.24) is 0 Å². The highest BCUT2D eigenvalue weighted by atomic mass is 19.3. The maximum atomic E-state index is 13.3. The second-order valence-corrected chi connectivity index (χ2v) is 4.15. The molecule has 0 radical (unpaired) electrons. The Morgan fingerprint density at radius 2 is 2.12 bits per heavy atom. The summed E-state index contributed by atoms with van der Waals surface area (Å²) >= 11 is 0. The van der Waals surface area contributed by atoms with Crippen molar-refractivity contribution < 1.29 is 18.3 Å². The molecule has 0 spiro atoms. The van der Waals surface area contributed by atoms with Crippen LogP contribution >= 0.6 is 0 Å². The molecular formula is C12H15F2NO2. The van der Waals surface area contributed by atoms with Crippen molar-refractivity contribution in [2.45, 2.75) is 25.7 Å². The molecule has 1 aromatic rings. The van der Waals surface area contributed by atoms with E-state index in [1.165, 1.54) is 12.1 Å². The summed E-state index contributed by atoms with van der Waals surface area (Å²) in [7, 11) is 0. The average Bonchev–Trinajstić information content (AvgIpc) is 2.72. The third-order valence-corrected chi connectivity index (χ3v) is 2.71. The number of halogens is 2. The normalized spacial score (nSPS) is 14.1. The van der Waals surface area contributed by atoms with Crippen molar-refractivity contribution in [1.29, 1.82) is 0 Å². The van der Waals surface area contributed by atoms with Crippen molar-refractivity contribution in [2.75, 3.05) is 13.3 Å². The Bertz CT molecular complexity index is 416. The Hall–Kier alpha value is -1.36. The molecule has 0 fully saturated rings. The van der Waals surface area contributed by atoms with Crippen molar-refractivity contribution in [2.24, 2.45) is 5.73 Å². The summed E-state index contributed by atoms with van der Waals surface area (Å²) < 4.78 is 37.1. The van der Waals surface area contributed by atoms with Gasteiger partial charge in [0.15, 0.2) is 11.5 Å². The molecule has 0 aliphatic carbocycles. The van der Waals surface area contributed by atoms with E-state index in [0.29, 0.717) is 24.5 Å². The molecule has 0 atom stereocenters. The SMILES string of the molecule is CC(F)(F)c1cc(CCCN)c2c(c1)OCO2. The molecule has 5 heteroatoms. The van der Waals surface area contributed by atoms with E-state index in [9.17, 15) is 8.78 Å². The van der Waals surface area contributed by atoms with Gasteiger partial charge in [0, 0.05) is 12.5 Å². The van der Waals surface area contributed by atoms with Crippen LogP contribution in [0.1, 0.15) is 24.5 Å². The van der Waals surface area contributed by atoms with Crippen LogP contribution in [0.15, 0.2) is 12.1 Å². The predicted molar refractivity (Wildman–Crippen MR) is 59.5 cm³/mol. The lowest BCUT2D eigenvalue weighted by molar-refractivity contribution is 0.0172. The van der Waals surface area contributed by atoms with Gasteiger partial charge in [-0.1, -0.05) is 0 Å². The van der Waals surface area contributed by atoms with E-state index in [4.69, 9.17) is 15.2 Å². The lowest BCUT2D eigenvalue weighted by Gasteiger charge is -2.14. The molecule has 2 rings (SSSR count). The van der Waals surface area contributed by atoms with Crippen LogP contribution in [0.3, 0.4) is 0 Å². The summed E-state index contributed by atoms with van der Waals surface area (Å²) in [6, 6.07) is 2.82. The highest BCUT2D eigenvalue weighted by molar-refractivity contribution is 5.51. The number of alkyl halides is 2. The van der Waals surface area contributed by atoms with Crippen LogP contribution in [0, 0.1) is 0 Å². The molecule has 1 aliphatic heterocycles. The predicted octanol–water partition coefficient (Wildman–Crippen LogP) is 2.42. The summed E-state index contributed by atoms with van der Waals surface area (Å²) in [5.74, 6) is -1.90. The van der Waals surface area contributed by atoms with Gasteiger partial charge in [-0.05, 0) is 37.1 Å². The van der Waals surface area contributed by atoms with Crippen LogP contribution in [-0.4, -0.2) is 13.3 Å². The Kier molecular flexibility index (Phi) is 3.19. The summed E-state index contributed by atoms with van der Waals surface area (Å²) in [5.41, 5.74) is 6.12. The zero-order valence-corrected chi connectivity index (χ0v) is 9.63. The van der Waals surface area contributed by atoms with Crippen molar-refractivity contribution in [3.8, 4) is 11.5 Å². The fourth-order valence-electron chi connectivity index (χ4n) is 1.81.